The molecule has 1 aromatic heterocycles. The summed E-state index contributed by atoms with van der Waals surface area (Å²) in [7, 11) is 0. The van der Waals surface area contributed by atoms with Crippen molar-refractivity contribution in [2.75, 3.05) is 6.54 Å². The lowest BCUT2D eigenvalue weighted by molar-refractivity contribution is -0.0109. The Morgan fingerprint density at radius 3 is 3.11 bits per heavy atom. The van der Waals surface area contributed by atoms with Crippen LogP contribution in [-0.4, -0.2) is 28.1 Å². The predicted molar refractivity (Wildman–Crippen MR) is 71.8 cm³/mol. The van der Waals surface area contributed by atoms with Gasteiger partial charge in [0.1, 0.15) is 4.88 Å². The smallest absolute Gasteiger partial charge is 0.263 e. The van der Waals surface area contributed by atoms with Crippen LogP contribution in [0.3, 0.4) is 0 Å². The van der Waals surface area contributed by atoms with E-state index in [1.54, 1.807) is 6.20 Å². The fourth-order valence-electron chi connectivity index (χ4n) is 2.59. The number of aromatic nitrogens is 1. The van der Waals surface area contributed by atoms with Gasteiger partial charge < -0.3 is 10.4 Å². The van der Waals surface area contributed by atoms with Crippen LogP contribution < -0.4 is 5.32 Å². The van der Waals surface area contributed by atoms with Crippen molar-refractivity contribution in [1.82, 2.24) is 10.3 Å². The standard InChI is InChI=1S/C13H20N2O2S/c1-9-4-3-5-13(17,6-9)8-15-12(16)11-7-14-10(2)18-11/h7,9,17H,3-6,8H2,1-2H3,(H,15,16). The number of amides is 1. The molecule has 0 spiro atoms. The lowest BCUT2D eigenvalue weighted by atomic mass is 9.79. The Morgan fingerprint density at radius 1 is 1.72 bits per heavy atom. The molecule has 5 heteroatoms. The Kier molecular flexibility index (Phi) is 4.02. The Balaban J connectivity index is 1.89. The number of nitrogens with zero attached hydrogens (tertiary/aromatic N) is 1. The molecule has 0 saturated heterocycles. The number of carbonyl (C=O) groups excluding carboxylic acids is 1. The summed E-state index contributed by atoms with van der Waals surface area (Å²) in [6.45, 7) is 4.36. The monoisotopic (exact) mass is 268 g/mol. The van der Waals surface area contributed by atoms with Gasteiger partial charge in [0, 0.05) is 6.54 Å². The maximum atomic E-state index is 11.9. The lowest BCUT2D eigenvalue weighted by Gasteiger charge is -2.35. The fraction of sp³-hybridized carbons (Fsp3) is 0.692. The van der Waals surface area contributed by atoms with E-state index in [0.717, 1.165) is 24.3 Å². The van der Waals surface area contributed by atoms with E-state index in [2.05, 4.69) is 17.2 Å². The summed E-state index contributed by atoms with van der Waals surface area (Å²) in [6, 6.07) is 0. The van der Waals surface area contributed by atoms with E-state index < -0.39 is 5.60 Å². The number of aryl methyl sites for hydroxylation is 1. The average Bonchev–Trinajstić information content (AvgIpc) is 2.73. The Morgan fingerprint density at radius 2 is 2.50 bits per heavy atom. The number of nitrogens with one attached hydrogen (secondary N) is 1. The topological polar surface area (TPSA) is 62.2 Å². The summed E-state index contributed by atoms with van der Waals surface area (Å²) in [4.78, 5) is 16.5. The normalized spacial score (nSPS) is 28.1. The summed E-state index contributed by atoms with van der Waals surface area (Å²) in [5, 5.41) is 14.1. The van der Waals surface area contributed by atoms with Gasteiger partial charge in [0.05, 0.1) is 16.8 Å². The van der Waals surface area contributed by atoms with E-state index >= 15 is 0 Å². The Hall–Kier alpha value is -0.940. The minimum absolute atomic E-state index is 0.132. The molecule has 1 aliphatic rings. The molecule has 0 radical (unpaired) electrons. The molecule has 4 nitrogen and oxygen atoms in total. The highest BCUT2D eigenvalue weighted by molar-refractivity contribution is 7.13. The second-order valence-corrected chi connectivity index (χ2v) is 6.59. The van der Waals surface area contributed by atoms with E-state index in [1.165, 1.54) is 17.8 Å². The molecule has 1 heterocycles. The zero-order valence-electron chi connectivity index (χ0n) is 10.9. The van der Waals surface area contributed by atoms with Crippen LogP contribution in [0.4, 0.5) is 0 Å². The van der Waals surface area contributed by atoms with E-state index in [1.807, 2.05) is 6.92 Å². The third kappa shape index (κ3) is 3.29. The minimum atomic E-state index is -0.729. The molecule has 2 rings (SSSR count). The molecule has 0 aliphatic heterocycles. The molecule has 1 amide bonds. The molecule has 100 valence electrons. The molecular weight excluding hydrogens is 248 g/mol. The molecule has 1 aromatic rings. The highest BCUT2D eigenvalue weighted by atomic mass is 32.1. The number of hydrogen-bond acceptors (Lipinski definition) is 4. The molecule has 0 bridgehead atoms. The summed E-state index contributed by atoms with van der Waals surface area (Å²) in [5.41, 5.74) is -0.729. The van der Waals surface area contributed by atoms with E-state index in [4.69, 9.17) is 0 Å². The Labute approximate surface area is 111 Å². The van der Waals surface area contributed by atoms with Gasteiger partial charge in [-0.1, -0.05) is 19.8 Å². The second kappa shape index (κ2) is 5.36. The van der Waals surface area contributed by atoms with Crippen molar-refractivity contribution in [1.29, 1.82) is 0 Å². The summed E-state index contributed by atoms with van der Waals surface area (Å²) >= 11 is 1.38. The molecule has 0 aromatic carbocycles. The summed E-state index contributed by atoms with van der Waals surface area (Å²) in [5.74, 6) is 0.401. The molecule has 2 atom stereocenters. The van der Waals surface area contributed by atoms with Gasteiger partial charge in [0.2, 0.25) is 0 Å². The van der Waals surface area contributed by atoms with Crippen molar-refractivity contribution >= 4 is 17.2 Å². The van der Waals surface area contributed by atoms with Crippen molar-refractivity contribution in [3.8, 4) is 0 Å². The van der Waals surface area contributed by atoms with Crippen LogP contribution in [0.25, 0.3) is 0 Å². The number of thiazole rings is 1. The highest BCUT2D eigenvalue weighted by Gasteiger charge is 2.32. The first kappa shape index (κ1) is 13.5. The van der Waals surface area contributed by atoms with Crippen molar-refractivity contribution in [2.45, 2.75) is 45.1 Å². The van der Waals surface area contributed by atoms with Crippen LogP contribution in [0.15, 0.2) is 6.20 Å². The number of aliphatic hydroxyl groups is 1. The molecule has 1 fully saturated rings. The van der Waals surface area contributed by atoms with Crippen LogP contribution in [0.5, 0.6) is 0 Å². The number of rotatable bonds is 3. The van der Waals surface area contributed by atoms with Crippen LogP contribution >= 0.6 is 11.3 Å². The van der Waals surface area contributed by atoms with Crippen LogP contribution in [0.1, 0.15) is 47.3 Å². The maximum Gasteiger partial charge on any atom is 0.263 e. The predicted octanol–water partition coefficient (Wildman–Crippen LogP) is 2.12. The zero-order chi connectivity index (χ0) is 13.2. The fourth-order valence-corrected chi connectivity index (χ4v) is 3.29. The molecule has 1 saturated carbocycles. The van der Waals surface area contributed by atoms with E-state index in [-0.39, 0.29) is 5.91 Å². The largest absolute Gasteiger partial charge is 0.388 e. The molecule has 2 N–H and O–H groups in total. The first-order chi connectivity index (χ1) is 8.48. The molecular formula is C13H20N2O2S. The maximum absolute atomic E-state index is 11.9. The molecule has 18 heavy (non-hydrogen) atoms. The first-order valence-electron chi connectivity index (χ1n) is 6.41. The van der Waals surface area contributed by atoms with Gasteiger partial charge in [0.25, 0.3) is 5.91 Å². The third-order valence-corrected chi connectivity index (χ3v) is 4.40. The lowest BCUT2D eigenvalue weighted by Crippen LogP contribution is -2.45. The van der Waals surface area contributed by atoms with Crippen LogP contribution in [-0.2, 0) is 0 Å². The van der Waals surface area contributed by atoms with Crippen molar-refractivity contribution in [3.63, 3.8) is 0 Å². The minimum Gasteiger partial charge on any atom is -0.388 e. The average molecular weight is 268 g/mol. The Bertz CT molecular complexity index is 432. The van der Waals surface area contributed by atoms with Crippen LogP contribution in [0, 0.1) is 12.8 Å². The van der Waals surface area contributed by atoms with Crippen molar-refractivity contribution in [2.24, 2.45) is 5.92 Å². The van der Waals surface area contributed by atoms with Crippen molar-refractivity contribution < 1.29 is 9.90 Å². The second-order valence-electron chi connectivity index (χ2n) is 5.35. The van der Waals surface area contributed by atoms with Gasteiger partial charge in [-0.25, -0.2) is 4.98 Å². The summed E-state index contributed by atoms with van der Waals surface area (Å²) in [6.07, 6.45) is 5.34. The molecule has 2 unspecified atom stereocenters. The number of hydrogen-bond donors (Lipinski definition) is 2. The van der Waals surface area contributed by atoms with E-state index in [0.29, 0.717) is 17.3 Å². The van der Waals surface area contributed by atoms with Gasteiger partial charge in [-0.15, -0.1) is 11.3 Å². The van der Waals surface area contributed by atoms with Crippen molar-refractivity contribution in [3.05, 3.63) is 16.1 Å². The summed E-state index contributed by atoms with van der Waals surface area (Å²) < 4.78 is 0. The first-order valence-corrected chi connectivity index (χ1v) is 7.23. The third-order valence-electron chi connectivity index (χ3n) is 3.49. The van der Waals surface area contributed by atoms with E-state index in [9.17, 15) is 9.90 Å². The van der Waals surface area contributed by atoms with Gasteiger partial charge in [-0.05, 0) is 25.7 Å². The van der Waals surface area contributed by atoms with Crippen LogP contribution in [0.2, 0.25) is 0 Å². The van der Waals surface area contributed by atoms with Gasteiger partial charge in [0.15, 0.2) is 0 Å². The quantitative estimate of drug-likeness (QED) is 0.882. The van der Waals surface area contributed by atoms with Gasteiger partial charge in [-0.2, -0.15) is 0 Å². The van der Waals surface area contributed by atoms with Gasteiger partial charge in [-0.3, -0.25) is 4.79 Å². The van der Waals surface area contributed by atoms with Gasteiger partial charge >= 0.3 is 0 Å². The molecule has 1 aliphatic carbocycles. The SMILES string of the molecule is Cc1ncc(C(=O)NCC2(O)CCCC(C)C2)s1. The zero-order valence-corrected chi connectivity index (χ0v) is 11.7. The number of carbonyl (C=O) groups is 1. The highest BCUT2D eigenvalue weighted by Crippen LogP contribution is 2.31.